The summed E-state index contributed by atoms with van der Waals surface area (Å²) in [7, 11) is 0. The summed E-state index contributed by atoms with van der Waals surface area (Å²) in [5.41, 5.74) is 9.29. The topological polar surface area (TPSA) is 68.0 Å². The normalized spacial score (nSPS) is 10.4. The van der Waals surface area contributed by atoms with Gasteiger partial charge in [0.15, 0.2) is 5.13 Å². The van der Waals surface area contributed by atoms with Gasteiger partial charge >= 0.3 is 0 Å². The number of hydrogen-bond donors (Lipinski definition) is 2. The molecule has 1 heterocycles. The highest BCUT2D eigenvalue weighted by Crippen LogP contribution is 2.18. The van der Waals surface area contributed by atoms with Gasteiger partial charge in [-0.05, 0) is 42.7 Å². The Kier molecular flexibility index (Phi) is 4.68. The SMILES string of the molecule is Nc1ccc(CCc2csc(NC(=O)c3ccccc3)n2)cc1. The number of hydrogen-bond acceptors (Lipinski definition) is 4. The van der Waals surface area contributed by atoms with E-state index in [1.165, 1.54) is 16.9 Å². The van der Waals surface area contributed by atoms with Gasteiger partial charge in [-0.15, -0.1) is 11.3 Å². The number of nitrogens with zero attached hydrogens (tertiary/aromatic N) is 1. The van der Waals surface area contributed by atoms with E-state index in [0.717, 1.165) is 24.2 Å². The van der Waals surface area contributed by atoms with E-state index in [-0.39, 0.29) is 5.91 Å². The third-order valence-electron chi connectivity index (χ3n) is 3.46. The number of carbonyl (C=O) groups excluding carboxylic acids is 1. The van der Waals surface area contributed by atoms with Crippen molar-refractivity contribution in [2.75, 3.05) is 11.1 Å². The van der Waals surface area contributed by atoms with E-state index in [1.54, 1.807) is 12.1 Å². The fourth-order valence-electron chi connectivity index (χ4n) is 2.19. The van der Waals surface area contributed by atoms with Crippen LogP contribution in [0.15, 0.2) is 60.0 Å². The average molecular weight is 323 g/mol. The van der Waals surface area contributed by atoms with E-state index in [1.807, 2.05) is 47.8 Å². The van der Waals surface area contributed by atoms with Gasteiger partial charge in [0.2, 0.25) is 0 Å². The van der Waals surface area contributed by atoms with Gasteiger partial charge in [0.05, 0.1) is 5.69 Å². The summed E-state index contributed by atoms with van der Waals surface area (Å²) in [4.78, 5) is 16.5. The third-order valence-corrected chi connectivity index (χ3v) is 4.26. The van der Waals surface area contributed by atoms with Crippen molar-refractivity contribution >= 4 is 28.1 Å². The second kappa shape index (κ2) is 7.07. The molecule has 3 aromatic rings. The summed E-state index contributed by atoms with van der Waals surface area (Å²) in [6.45, 7) is 0. The van der Waals surface area contributed by atoms with E-state index < -0.39 is 0 Å². The first-order valence-corrected chi connectivity index (χ1v) is 8.24. The highest BCUT2D eigenvalue weighted by molar-refractivity contribution is 7.13. The molecule has 1 aromatic heterocycles. The maximum Gasteiger partial charge on any atom is 0.257 e. The van der Waals surface area contributed by atoms with Crippen LogP contribution in [-0.4, -0.2) is 10.9 Å². The van der Waals surface area contributed by atoms with Gasteiger partial charge in [-0.1, -0.05) is 30.3 Å². The molecular formula is C18H17N3OS. The number of nitrogen functional groups attached to an aromatic ring is 1. The average Bonchev–Trinajstić information content (AvgIpc) is 3.02. The van der Waals surface area contributed by atoms with E-state index in [9.17, 15) is 4.79 Å². The molecule has 0 radical (unpaired) electrons. The zero-order valence-electron chi connectivity index (χ0n) is 12.5. The predicted octanol–water partition coefficient (Wildman–Crippen LogP) is 3.76. The number of thiazole rings is 1. The number of nitrogens with one attached hydrogen (secondary N) is 1. The maximum atomic E-state index is 12.1. The molecule has 5 heteroatoms. The molecule has 23 heavy (non-hydrogen) atoms. The van der Waals surface area contributed by atoms with Crippen molar-refractivity contribution in [3.05, 3.63) is 76.8 Å². The molecule has 3 rings (SSSR count). The van der Waals surface area contributed by atoms with Crippen LogP contribution in [0.1, 0.15) is 21.6 Å². The van der Waals surface area contributed by atoms with Crippen molar-refractivity contribution < 1.29 is 4.79 Å². The summed E-state index contributed by atoms with van der Waals surface area (Å²) in [5.74, 6) is -0.134. The third kappa shape index (κ3) is 4.17. The second-order valence-electron chi connectivity index (χ2n) is 5.21. The van der Waals surface area contributed by atoms with Crippen molar-refractivity contribution in [3.8, 4) is 0 Å². The number of carbonyl (C=O) groups is 1. The molecule has 4 nitrogen and oxygen atoms in total. The Bertz CT molecular complexity index is 782. The molecule has 0 aliphatic heterocycles. The van der Waals surface area contributed by atoms with Crippen LogP contribution in [0, 0.1) is 0 Å². The Labute approximate surface area is 139 Å². The number of rotatable bonds is 5. The molecule has 0 saturated carbocycles. The lowest BCUT2D eigenvalue weighted by Gasteiger charge is -2.01. The van der Waals surface area contributed by atoms with Gasteiger partial charge in [-0.25, -0.2) is 4.98 Å². The smallest absolute Gasteiger partial charge is 0.257 e. The molecule has 1 amide bonds. The lowest BCUT2D eigenvalue weighted by Crippen LogP contribution is -2.11. The van der Waals surface area contributed by atoms with Crippen molar-refractivity contribution in [3.63, 3.8) is 0 Å². The number of aromatic nitrogens is 1. The minimum atomic E-state index is -0.134. The lowest BCUT2D eigenvalue weighted by molar-refractivity contribution is 0.102. The van der Waals surface area contributed by atoms with Crippen LogP contribution in [0.5, 0.6) is 0 Å². The van der Waals surface area contributed by atoms with Crippen molar-refractivity contribution in [2.45, 2.75) is 12.8 Å². The van der Waals surface area contributed by atoms with Gasteiger partial charge in [-0.3, -0.25) is 10.1 Å². The molecule has 0 saturated heterocycles. The molecule has 0 fully saturated rings. The maximum absolute atomic E-state index is 12.1. The first-order valence-electron chi connectivity index (χ1n) is 7.36. The van der Waals surface area contributed by atoms with Gasteiger partial charge in [0.25, 0.3) is 5.91 Å². The van der Waals surface area contributed by atoms with Crippen LogP contribution in [0.4, 0.5) is 10.8 Å². The zero-order chi connectivity index (χ0) is 16.1. The first-order chi connectivity index (χ1) is 11.2. The Morgan fingerprint density at radius 1 is 1.04 bits per heavy atom. The summed E-state index contributed by atoms with van der Waals surface area (Å²) < 4.78 is 0. The van der Waals surface area contributed by atoms with Crippen LogP contribution >= 0.6 is 11.3 Å². The molecule has 116 valence electrons. The summed E-state index contributed by atoms with van der Waals surface area (Å²) in [6.07, 6.45) is 1.73. The molecular weight excluding hydrogens is 306 g/mol. The molecule has 0 aliphatic rings. The molecule has 0 unspecified atom stereocenters. The lowest BCUT2D eigenvalue weighted by atomic mass is 10.1. The number of anilines is 2. The van der Waals surface area contributed by atoms with Crippen molar-refractivity contribution in [1.29, 1.82) is 0 Å². The van der Waals surface area contributed by atoms with E-state index >= 15 is 0 Å². The zero-order valence-corrected chi connectivity index (χ0v) is 13.3. The molecule has 3 N–H and O–H groups in total. The highest BCUT2D eigenvalue weighted by atomic mass is 32.1. The van der Waals surface area contributed by atoms with Crippen LogP contribution in [0.2, 0.25) is 0 Å². The minimum Gasteiger partial charge on any atom is -0.399 e. The number of aryl methyl sites for hydroxylation is 2. The standard InChI is InChI=1S/C18H17N3OS/c19-15-9-6-13(7-10-15)8-11-16-12-23-18(20-16)21-17(22)14-4-2-1-3-5-14/h1-7,9-10,12H,8,11,19H2,(H,20,21,22). The molecule has 0 atom stereocenters. The van der Waals surface area contributed by atoms with Gasteiger partial charge in [0.1, 0.15) is 0 Å². The Morgan fingerprint density at radius 3 is 2.52 bits per heavy atom. The fourth-order valence-corrected chi connectivity index (χ4v) is 2.93. The minimum absolute atomic E-state index is 0.134. The quantitative estimate of drug-likeness (QED) is 0.702. The van der Waals surface area contributed by atoms with Crippen LogP contribution in [0.25, 0.3) is 0 Å². The van der Waals surface area contributed by atoms with Crippen molar-refractivity contribution in [1.82, 2.24) is 4.98 Å². The fraction of sp³-hybridized carbons (Fsp3) is 0.111. The highest BCUT2D eigenvalue weighted by Gasteiger charge is 2.08. The largest absolute Gasteiger partial charge is 0.399 e. The van der Waals surface area contributed by atoms with E-state index in [0.29, 0.717) is 10.7 Å². The van der Waals surface area contributed by atoms with E-state index in [2.05, 4.69) is 10.3 Å². The molecule has 0 bridgehead atoms. The molecule has 2 aromatic carbocycles. The van der Waals surface area contributed by atoms with Gasteiger partial charge in [-0.2, -0.15) is 0 Å². The van der Waals surface area contributed by atoms with E-state index in [4.69, 9.17) is 5.73 Å². The Hall–Kier alpha value is -2.66. The Morgan fingerprint density at radius 2 is 1.78 bits per heavy atom. The summed E-state index contributed by atoms with van der Waals surface area (Å²) in [5, 5.41) is 5.45. The summed E-state index contributed by atoms with van der Waals surface area (Å²) in [6, 6.07) is 17.0. The van der Waals surface area contributed by atoms with Gasteiger partial charge < -0.3 is 5.73 Å². The first kappa shape index (κ1) is 15.2. The number of nitrogens with two attached hydrogens (primary N) is 1. The Balaban J connectivity index is 1.57. The molecule has 0 spiro atoms. The van der Waals surface area contributed by atoms with Crippen LogP contribution < -0.4 is 11.1 Å². The molecule has 0 aliphatic carbocycles. The number of amides is 1. The van der Waals surface area contributed by atoms with Gasteiger partial charge in [0, 0.05) is 16.6 Å². The van der Waals surface area contributed by atoms with Crippen LogP contribution in [0.3, 0.4) is 0 Å². The van der Waals surface area contributed by atoms with Crippen LogP contribution in [-0.2, 0) is 12.8 Å². The second-order valence-corrected chi connectivity index (χ2v) is 6.06. The number of benzene rings is 2. The summed E-state index contributed by atoms with van der Waals surface area (Å²) >= 11 is 1.45. The predicted molar refractivity (Wildman–Crippen MR) is 94.8 cm³/mol. The monoisotopic (exact) mass is 323 g/mol. The van der Waals surface area contributed by atoms with Crippen molar-refractivity contribution in [2.24, 2.45) is 0 Å².